The fourth-order valence-electron chi connectivity index (χ4n) is 4.03. The molecule has 1 aliphatic rings. The van der Waals surface area contributed by atoms with Gasteiger partial charge in [0.05, 0.1) is 12.7 Å². The van der Waals surface area contributed by atoms with E-state index in [2.05, 4.69) is 29.2 Å². The number of piperidine rings is 1. The predicted octanol–water partition coefficient (Wildman–Crippen LogP) is 4.06. The molecule has 0 radical (unpaired) electrons. The summed E-state index contributed by atoms with van der Waals surface area (Å²) in [5.41, 5.74) is 10.6. The van der Waals surface area contributed by atoms with Crippen molar-refractivity contribution in [2.75, 3.05) is 25.9 Å². The Hall–Kier alpha value is -3.41. The van der Waals surface area contributed by atoms with Crippen LogP contribution in [0, 0.1) is 6.92 Å². The summed E-state index contributed by atoms with van der Waals surface area (Å²) in [4.78, 5) is 23.7. The summed E-state index contributed by atoms with van der Waals surface area (Å²) in [7, 11) is 1.67. The number of nitrogens with two attached hydrogens (primary N) is 1. The van der Waals surface area contributed by atoms with E-state index in [0.29, 0.717) is 12.1 Å². The van der Waals surface area contributed by atoms with Crippen LogP contribution in [0.25, 0.3) is 11.1 Å². The molecule has 6 nitrogen and oxygen atoms in total. The summed E-state index contributed by atoms with van der Waals surface area (Å²) in [5, 5.41) is 0. The van der Waals surface area contributed by atoms with Crippen molar-refractivity contribution >= 4 is 11.7 Å². The minimum Gasteiger partial charge on any atom is -0.497 e. The zero-order valence-electron chi connectivity index (χ0n) is 17.3. The number of benzene rings is 1. The molecular formula is C24H26N4O2. The fraction of sp³-hybridized carbons (Fsp3) is 0.292. The minimum atomic E-state index is -0.0617. The third kappa shape index (κ3) is 4.13. The summed E-state index contributed by atoms with van der Waals surface area (Å²) >= 11 is 0. The normalized spacial score (nSPS) is 16.3. The molecule has 4 rings (SSSR count). The van der Waals surface area contributed by atoms with E-state index in [4.69, 9.17) is 15.5 Å². The van der Waals surface area contributed by atoms with Gasteiger partial charge in [0.15, 0.2) is 0 Å². The third-order valence-electron chi connectivity index (χ3n) is 5.59. The molecular weight excluding hydrogens is 376 g/mol. The maximum Gasteiger partial charge on any atom is 0.257 e. The standard InChI is InChI=1S/C24H26N4O2/c1-16-13-19(17-7-9-20(30-2)10-8-17)14-22(27-16)18-5-4-12-28(15-18)24(29)21-6-3-11-26-23(21)25/h3,6-11,13-14,18H,4-5,12,15H2,1-2H3,(H2,25,26). The second kappa shape index (κ2) is 8.53. The Morgan fingerprint density at radius 1 is 1.17 bits per heavy atom. The van der Waals surface area contributed by atoms with Crippen molar-refractivity contribution in [1.29, 1.82) is 0 Å². The van der Waals surface area contributed by atoms with Crippen molar-refractivity contribution < 1.29 is 9.53 Å². The largest absolute Gasteiger partial charge is 0.497 e. The Balaban J connectivity index is 1.58. The van der Waals surface area contributed by atoms with Crippen molar-refractivity contribution in [3.63, 3.8) is 0 Å². The predicted molar refractivity (Wildman–Crippen MR) is 117 cm³/mol. The smallest absolute Gasteiger partial charge is 0.257 e. The molecule has 154 valence electrons. The molecule has 1 aliphatic heterocycles. The van der Waals surface area contributed by atoms with Gasteiger partial charge in [0, 0.05) is 36.6 Å². The Labute approximate surface area is 176 Å². The third-order valence-corrected chi connectivity index (χ3v) is 5.59. The molecule has 3 aromatic rings. The highest BCUT2D eigenvalue weighted by Crippen LogP contribution is 2.31. The van der Waals surface area contributed by atoms with E-state index >= 15 is 0 Å². The number of carbonyl (C=O) groups excluding carboxylic acids is 1. The Morgan fingerprint density at radius 3 is 2.70 bits per heavy atom. The van der Waals surface area contributed by atoms with Crippen molar-refractivity contribution in [1.82, 2.24) is 14.9 Å². The molecule has 2 N–H and O–H groups in total. The number of hydrogen-bond acceptors (Lipinski definition) is 5. The molecule has 30 heavy (non-hydrogen) atoms. The first kappa shape index (κ1) is 19.9. The van der Waals surface area contributed by atoms with Gasteiger partial charge < -0.3 is 15.4 Å². The second-order valence-corrected chi connectivity index (χ2v) is 7.68. The van der Waals surface area contributed by atoms with Gasteiger partial charge >= 0.3 is 0 Å². The van der Waals surface area contributed by atoms with Crippen molar-refractivity contribution in [3.8, 4) is 16.9 Å². The number of nitrogen functional groups attached to an aromatic ring is 1. The van der Waals surface area contributed by atoms with E-state index in [0.717, 1.165) is 47.7 Å². The molecule has 1 amide bonds. The van der Waals surface area contributed by atoms with Gasteiger partial charge in [-0.3, -0.25) is 9.78 Å². The fourth-order valence-corrected chi connectivity index (χ4v) is 4.03. The van der Waals surface area contributed by atoms with Crippen LogP contribution >= 0.6 is 0 Å². The number of methoxy groups -OCH3 is 1. The van der Waals surface area contributed by atoms with Gasteiger partial charge in [0.25, 0.3) is 5.91 Å². The molecule has 0 aliphatic carbocycles. The maximum absolute atomic E-state index is 13.0. The van der Waals surface area contributed by atoms with Crippen LogP contribution < -0.4 is 10.5 Å². The van der Waals surface area contributed by atoms with Gasteiger partial charge in [-0.05, 0) is 67.3 Å². The lowest BCUT2D eigenvalue weighted by Gasteiger charge is -2.33. The Morgan fingerprint density at radius 2 is 1.97 bits per heavy atom. The number of anilines is 1. The number of rotatable bonds is 4. The first-order valence-corrected chi connectivity index (χ1v) is 10.2. The van der Waals surface area contributed by atoms with Crippen LogP contribution in [0.1, 0.15) is 40.5 Å². The second-order valence-electron chi connectivity index (χ2n) is 7.68. The molecule has 0 spiro atoms. The number of ether oxygens (including phenoxy) is 1. The van der Waals surface area contributed by atoms with Gasteiger partial charge in [-0.2, -0.15) is 0 Å². The highest BCUT2D eigenvalue weighted by molar-refractivity contribution is 5.98. The van der Waals surface area contributed by atoms with Gasteiger partial charge in [-0.15, -0.1) is 0 Å². The number of hydrogen-bond donors (Lipinski definition) is 1. The van der Waals surface area contributed by atoms with Crippen LogP contribution in [0.2, 0.25) is 0 Å². The summed E-state index contributed by atoms with van der Waals surface area (Å²) in [5.74, 6) is 1.24. The van der Waals surface area contributed by atoms with Gasteiger partial charge in [0.2, 0.25) is 0 Å². The van der Waals surface area contributed by atoms with Crippen molar-refractivity contribution in [2.45, 2.75) is 25.7 Å². The molecule has 3 heterocycles. The zero-order chi connectivity index (χ0) is 21.1. The van der Waals surface area contributed by atoms with Crippen molar-refractivity contribution in [3.05, 3.63) is 71.7 Å². The summed E-state index contributed by atoms with van der Waals surface area (Å²) in [6.07, 6.45) is 3.54. The van der Waals surface area contributed by atoms with Gasteiger partial charge in [-0.25, -0.2) is 4.98 Å². The SMILES string of the molecule is COc1ccc(-c2cc(C)nc(C3CCCN(C(=O)c4cccnc4N)C3)c2)cc1. The molecule has 1 aromatic carbocycles. The molecule has 1 atom stereocenters. The average molecular weight is 402 g/mol. The van der Waals surface area contributed by atoms with E-state index in [1.807, 2.05) is 24.0 Å². The van der Waals surface area contributed by atoms with Gasteiger partial charge in [0.1, 0.15) is 11.6 Å². The topological polar surface area (TPSA) is 81.3 Å². The first-order chi connectivity index (χ1) is 14.5. The number of aryl methyl sites for hydroxylation is 1. The molecule has 0 bridgehead atoms. The highest BCUT2D eigenvalue weighted by Gasteiger charge is 2.27. The Kier molecular flexibility index (Phi) is 5.65. The lowest BCUT2D eigenvalue weighted by atomic mass is 9.92. The quantitative estimate of drug-likeness (QED) is 0.712. The minimum absolute atomic E-state index is 0.0617. The highest BCUT2D eigenvalue weighted by atomic mass is 16.5. The summed E-state index contributed by atoms with van der Waals surface area (Å²) in [6.45, 7) is 3.37. The molecule has 6 heteroatoms. The van der Waals surface area contributed by atoms with Crippen LogP contribution in [-0.2, 0) is 0 Å². The van der Waals surface area contributed by atoms with E-state index in [1.54, 1.807) is 25.4 Å². The molecule has 1 saturated heterocycles. The monoisotopic (exact) mass is 402 g/mol. The lowest BCUT2D eigenvalue weighted by molar-refractivity contribution is 0.0706. The number of pyridine rings is 2. The zero-order valence-corrected chi connectivity index (χ0v) is 17.3. The van der Waals surface area contributed by atoms with E-state index in [1.165, 1.54) is 0 Å². The molecule has 1 unspecified atom stereocenters. The first-order valence-electron chi connectivity index (χ1n) is 10.2. The van der Waals surface area contributed by atoms with E-state index in [-0.39, 0.29) is 17.6 Å². The van der Waals surface area contributed by atoms with Gasteiger partial charge in [-0.1, -0.05) is 12.1 Å². The Bertz CT molecular complexity index is 1050. The number of nitrogens with zero attached hydrogens (tertiary/aromatic N) is 3. The molecule has 0 saturated carbocycles. The van der Waals surface area contributed by atoms with Crippen molar-refractivity contribution in [2.24, 2.45) is 0 Å². The number of likely N-dealkylation sites (tertiary alicyclic amines) is 1. The van der Waals surface area contributed by atoms with E-state index in [9.17, 15) is 4.79 Å². The lowest BCUT2D eigenvalue weighted by Crippen LogP contribution is -2.39. The van der Waals surface area contributed by atoms with Crippen LogP contribution in [0.3, 0.4) is 0 Å². The van der Waals surface area contributed by atoms with E-state index < -0.39 is 0 Å². The maximum atomic E-state index is 13.0. The average Bonchev–Trinajstić information content (AvgIpc) is 2.79. The number of amides is 1. The molecule has 2 aromatic heterocycles. The van der Waals surface area contributed by atoms with Crippen LogP contribution in [0.15, 0.2) is 54.7 Å². The van der Waals surface area contributed by atoms with Crippen LogP contribution in [0.4, 0.5) is 5.82 Å². The number of carbonyl (C=O) groups is 1. The van der Waals surface area contributed by atoms with Crippen LogP contribution in [0.5, 0.6) is 5.75 Å². The summed E-state index contributed by atoms with van der Waals surface area (Å²) in [6, 6.07) is 15.8. The number of aromatic nitrogens is 2. The van der Waals surface area contributed by atoms with Crippen LogP contribution in [-0.4, -0.2) is 41.0 Å². The molecule has 1 fully saturated rings. The summed E-state index contributed by atoms with van der Waals surface area (Å²) < 4.78 is 5.26.